The summed E-state index contributed by atoms with van der Waals surface area (Å²) in [5, 5.41) is 0. The third-order valence-corrected chi connectivity index (χ3v) is 6.62. The summed E-state index contributed by atoms with van der Waals surface area (Å²) in [5.41, 5.74) is 2.30. The lowest BCUT2D eigenvalue weighted by Gasteiger charge is -2.41. The maximum atomic E-state index is 6.11. The summed E-state index contributed by atoms with van der Waals surface area (Å²) in [6, 6.07) is 0.835. The van der Waals surface area contributed by atoms with E-state index in [0.29, 0.717) is 0 Å². The van der Waals surface area contributed by atoms with E-state index in [1.54, 1.807) is 0 Å². The van der Waals surface area contributed by atoms with Gasteiger partial charge in [-0.05, 0) is 38.2 Å². The third kappa shape index (κ3) is 3.55. The number of hydrogen-bond donors (Lipinski definition) is 0. The second-order valence-electron chi connectivity index (χ2n) is 7.26. The number of hydrogen-bond acceptors (Lipinski definition) is 6. The van der Waals surface area contributed by atoms with Crippen LogP contribution in [0.25, 0.3) is 0 Å². The van der Waals surface area contributed by atoms with Crippen molar-refractivity contribution in [3.63, 3.8) is 0 Å². The van der Waals surface area contributed by atoms with Crippen LogP contribution in [0.15, 0.2) is 0 Å². The maximum Gasteiger partial charge on any atom is 0.220 e. The fraction of sp³-hybridized carbons (Fsp3) is 0.778. The van der Waals surface area contributed by atoms with Crippen LogP contribution in [-0.4, -0.2) is 76.1 Å². The predicted molar refractivity (Wildman–Crippen MR) is 98.0 cm³/mol. The van der Waals surface area contributed by atoms with Crippen molar-refractivity contribution in [2.75, 3.05) is 44.2 Å². The Labute approximate surface area is 149 Å². The van der Waals surface area contributed by atoms with Crippen molar-refractivity contribution in [3.05, 3.63) is 17.1 Å². The van der Waals surface area contributed by atoms with Crippen LogP contribution < -0.4 is 4.74 Å². The Balaban J connectivity index is 1.28. The van der Waals surface area contributed by atoms with Gasteiger partial charge >= 0.3 is 0 Å². The number of thioether (sulfide) groups is 1. The van der Waals surface area contributed by atoms with E-state index in [0.717, 1.165) is 36.4 Å². The number of nitrogens with zero attached hydrogens (tertiary/aromatic N) is 4. The highest BCUT2D eigenvalue weighted by molar-refractivity contribution is 7.99. The number of rotatable bonds is 3. The fourth-order valence-corrected chi connectivity index (χ4v) is 5.30. The summed E-state index contributed by atoms with van der Waals surface area (Å²) in [7, 11) is 0. The van der Waals surface area contributed by atoms with E-state index in [1.165, 1.54) is 56.1 Å². The molecule has 1 atom stereocenters. The van der Waals surface area contributed by atoms with Crippen molar-refractivity contribution in [2.24, 2.45) is 0 Å². The quantitative estimate of drug-likeness (QED) is 0.831. The van der Waals surface area contributed by atoms with Gasteiger partial charge in [-0.25, -0.2) is 4.98 Å². The van der Waals surface area contributed by atoms with Gasteiger partial charge in [0.15, 0.2) is 0 Å². The van der Waals surface area contributed by atoms with E-state index in [4.69, 9.17) is 4.74 Å². The minimum atomic E-state index is 0.243. The average molecular weight is 349 g/mol. The van der Waals surface area contributed by atoms with Gasteiger partial charge in [-0.2, -0.15) is 16.7 Å². The first kappa shape index (κ1) is 16.6. The Morgan fingerprint density at radius 1 is 1.08 bits per heavy atom. The van der Waals surface area contributed by atoms with Crippen molar-refractivity contribution in [1.82, 2.24) is 19.8 Å². The van der Waals surface area contributed by atoms with Gasteiger partial charge in [0.2, 0.25) is 5.88 Å². The number of fused-ring (bicyclic) bond motifs is 1. The van der Waals surface area contributed by atoms with Gasteiger partial charge in [0.25, 0.3) is 0 Å². The molecule has 2 fully saturated rings. The van der Waals surface area contributed by atoms with E-state index >= 15 is 0 Å². The first-order valence-corrected chi connectivity index (χ1v) is 10.4. The number of aromatic nitrogens is 2. The standard InChI is InChI=1S/C18H28N4OS/c1-13-17-11-16(23-18(17)20-14(2)19-13)12-21-5-7-22(8-6-21)15-3-9-24-10-4-15/h15-16H,3-12H2,1-2H3/t16-/m1/s1. The molecule has 0 aromatic carbocycles. The van der Waals surface area contributed by atoms with Crippen molar-refractivity contribution >= 4 is 11.8 Å². The summed E-state index contributed by atoms with van der Waals surface area (Å²) >= 11 is 2.12. The molecular weight excluding hydrogens is 320 g/mol. The molecule has 0 N–H and O–H groups in total. The van der Waals surface area contributed by atoms with Gasteiger partial charge in [-0.15, -0.1) is 0 Å². The van der Waals surface area contributed by atoms with E-state index in [9.17, 15) is 0 Å². The minimum absolute atomic E-state index is 0.243. The van der Waals surface area contributed by atoms with E-state index in [1.807, 2.05) is 6.92 Å². The highest BCUT2D eigenvalue weighted by Crippen LogP contribution is 2.29. The summed E-state index contributed by atoms with van der Waals surface area (Å²) in [6.45, 7) is 9.80. The van der Waals surface area contributed by atoms with Gasteiger partial charge < -0.3 is 4.74 Å². The smallest absolute Gasteiger partial charge is 0.220 e. The molecule has 0 saturated carbocycles. The van der Waals surface area contributed by atoms with Crippen molar-refractivity contribution in [3.8, 4) is 5.88 Å². The molecule has 132 valence electrons. The van der Waals surface area contributed by atoms with Crippen LogP contribution in [0.1, 0.15) is 29.9 Å². The van der Waals surface area contributed by atoms with Crippen LogP contribution in [0.3, 0.4) is 0 Å². The van der Waals surface area contributed by atoms with Crippen LogP contribution in [-0.2, 0) is 6.42 Å². The molecule has 0 unspecified atom stereocenters. The Kier molecular flexibility index (Phi) is 4.97. The SMILES string of the molecule is Cc1nc(C)c2c(n1)O[C@@H](CN1CCN(C3CCSCC3)CC1)C2. The molecule has 4 rings (SSSR count). The van der Waals surface area contributed by atoms with Crippen molar-refractivity contribution in [2.45, 2.75) is 45.3 Å². The summed E-state index contributed by atoms with van der Waals surface area (Å²) in [5.74, 6) is 4.33. The first-order valence-electron chi connectivity index (χ1n) is 9.24. The highest BCUT2D eigenvalue weighted by Gasteiger charge is 2.31. The molecule has 0 spiro atoms. The molecular formula is C18H28N4OS. The van der Waals surface area contributed by atoms with Gasteiger partial charge in [0, 0.05) is 56.4 Å². The molecule has 2 saturated heterocycles. The molecule has 4 heterocycles. The Morgan fingerprint density at radius 2 is 1.83 bits per heavy atom. The molecule has 3 aliphatic rings. The average Bonchev–Trinajstić information content (AvgIpc) is 2.99. The molecule has 24 heavy (non-hydrogen) atoms. The predicted octanol–water partition coefficient (Wildman–Crippen LogP) is 1.91. The van der Waals surface area contributed by atoms with Crippen LogP contribution in [0.4, 0.5) is 0 Å². The lowest BCUT2D eigenvalue weighted by atomic mass is 10.1. The Hall–Kier alpha value is -0.850. The Morgan fingerprint density at radius 3 is 2.58 bits per heavy atom. The van der Waals surface area contributed by atoms with Crippen LogP contribution in [0, 0.1) is 13.8 Å². The zero-order chi connectivity index (χ0) is 16.5. The number of piperazine rings is 1. The van der Waals surface area contributed by atoms with Crippen LogP contribution in [0.2, 0.25) is 0 Å². The second kappa shape index (κ2) is 7.18. The number of ether oxygens (including phenoxy) is 1. The monoisotopic (exact) mass is 348 g/mol. The second-order valence-corrected chi connectivity index (χ2v) is 8.49. The van der Waals surface area contributed by atoms with Gasteiger partial charge in [-0.3, -0.25) is 9.80 Å². The minimum Gasteiger partial charge on any atom is -0.472 e. The van der Waals surface area contributed by atoms with Crippen LogP contribution in [0.5, 0.6) is 5.88 Å². The van der Waals surface area contributed by atoms with Gasteiger partial charge in [0.05, 0.1) is 0 Å². The van der Waals surface area contributed by atoms with E-state index < -0.39 is 0 Å². The molecule has 1 aromatic rings. The van der Waals surface area contributed by atoms with Gasteiger partial charge in [0.1, 0.15) is 11.9 Å². The molecule has 6 heteroatoms. The zero-order valence-electron chi connectivity index (χ0n) is 14.8. The highest BCUT2D eigenvalue weighted by atomic mass is 32.2. The molecule has 0 amide bonds. The summed E-state index contributed by atoms with van der Waals surface area (Å²) in [4.78, 5) is 14.2. The topological polar surface area (TPSA) is 41.5 Å². The maximum absolute atomic E-state index is 6.11. The van der Waals surface area contributed by atoms with Crippen molar-refractivity contribution in [1.29, 1.82) is 0 Å². The normalized spacial score (nSPS) is 26.3. The molecule has 5 nitrogen and oxygen atoms in total. The van der Waals surface area contributed by atoms with Gasteiger partial charge in [-0.1, -0.05) is 0 Å². The zero-order valence-corrected chi connectivity index (χ0v) is 15.6. The van der Waals surface area contributed by atoms with E-state index in [-0.39, 0.29) is 6.10 Å². The largest absolute Gasteiger partial charge is 0.472 e. The molecule has 3 aliphatic heterocycles. The van der Waals surface area contributed by atoms with Crippen molar-refractivity contribution < 1.29 is 4.74 Å². The van der Waals surface area contributed by atoms with E-state index in [2.05, 4.69) is 38.5 Å². The first-order chi connectivity index (χ1) is 11.7. The lowest BCUT2D eigenvalue weighted by molar-refractivity contribution is 0.0667. The molecule has 0 aliphatic carbocycles. The number of aryl methyl sites for hydroxylation is 2. The molecule has 0 bridgehead atoms. The fourth-order valence-electron chi connectivity index (χ4n) is 4.22. The summed E-state index contributed by atoms with van der Waals surface area (Å²) in [6.07, 6.45) is 3.96. The summed E-state index contributed by atoms with van der Waals surface area (Å²) < 4.78 is 6.11. The third-order valence-electron chi connectivity index (χ3n) is 5.57. The van der Waals surface area contributed by atoms with Crippen LogP contribution >= 0.6 is 11.8 Å². The molecule has 1 aromatic heterocycles. The molecule has 0 radical (unpaired) electrons. The lowest BCUT2D eigenvalue weighted by Crippen LogP contribution is -2.52. The Bertz CT molecular complexity index is 583.